The number of benzene rings is 1. The van der Waals surface area contributed by atoms with Crippen molar-refractivity contribution in [1.29, 1.82) is 5.26 Å². The highest BCUT2D eigenvalue weighted by Gasteiger charge is 2.36. The van der Waals surface area contributed by atoms with Crippen LogP contribution in [0.4, 0.5) is 5.69 Å². The van der Waals surface area contributed by atoms with Crippen LogP contribution < -0.4 is 5.32 Å². The first-order valence-electron chi connectivity index (χ1n) is 10.2. The van der Waals surface area contributed by atoms with Crippen molar-refractivity contribution in [2.75, 3.05) is 51.1 Å². The Morgan fingerprint density at radius 2 is 1.70 bits per heavy atom. The number of carbonyl (C=O) groups is 1. The van der Waals surface area contributed by atoms with Crippen LogP contribution in [0.5, 0.6) is 0 Å². The molecular weight excluding hydrogens is 406 g/mol. The molecule has 2 atom stereocenters. The molecule has 164 valence electrons. The molecule has 9 nitrogen and oxygen atoms in total. The van der Waals surface area contributed by atoms with Crippen molar-refractivity contribution in [3.8, 4) is 6.07 Å². The molecule has 1 amide bonds. The van der Waals surface area contributed by atoms with E-state index in [0.29, 0.717) is 63.5 Å². The third-order valence-corrected chi connectivity index (χ3v) is 7.29. The van der Waals surface area contributed by atoms with E-state index in [1.54, 1.807) is 24.3 Å². The standard InChI is InChI=1S/C20H29N5O4S/c1-16-14-25(15-17(2)29-16)30(27,28)24-11-9-23(10-12-24)8-7-20(26)22-19-5-3-18(13-21)4-6-19/h3-6,16-17H,7-12,14-15H2,1-2H3,(H,22,26). The van der Waals surface area contributed by atoms with Gasteiger partial charge in [0.1, 0.15) is 0 Å². The van der Waals surface area contributed by atoms with Gasteiger partial charge in [0.25, 0.3) is 10.2 Å². The van der Waals surface area contributed by atoms with Crippen molar-refractivity contribution in [3.63, 3.8) is 0 Å². The van der Waals surface area contributed by atoms with Crippen LogP contribution in [-0.4, -0.2) is 85.9 Å². The normalized spacial score (nSPS) is 24.3. The van der Waals surface area contributed by atoms with E-state index in [1.807, 2.05) is 19.9 Å². The van der Waals surface area contributed by atoms with Crippen molar-refractivity contribution < 1.29 is 17.9 Å². The second-order valence-corrected chi connectivity index (χ2v) is 9.74. The summed E-state index contributed by atoms with van der Waals surface area (Å²) < 4.78 is 34.6. The van der Waals surface area contributed by atoms with Crippen LogP contribution in [0.25, 0.3) is 0 Å². The van der Waals surface area contributed by atoms with Crippen molar-refractivity contribution in [1.82, 2.24) is 13.5 Å². The van der Waals surface area contributed by atoms with Crippen LogP contribution in [0.2, 0.25) is 0 Å². The van der Waals surface area contributed by atoms with Gasteiger partial charge in [-0.1, -0.05) is 0 Å². The summed E-state index contributed by atoms with van der Waals surface area (Å²) in [7, 11) is -3.49. The first-order valence-corrected chi connectivity index (χ1v) is 11.6. The van der Waals surface area contributed by atoms with Crippen molar-refractivity contribution in [3.05, 3.63) is 29.8 Å². The number of hydrogen-bond acceptors (Lipinski definition) is 6. The second kappa shape index (κ2) is 9.85. The number of rotatable bonds is 6. The van der Waals surface area contributed by atoms with Crippen molar-refractivity contribution in [2.24, 2.45) is 0 Å². The molecule has 0 bridgehead atoms. The monoisotopic (exact) mass is 435 g/mol. The van der Waals surface area contributed by atoms with Crippen LogP contribution >= 0.6 is 0 Å². The third-order valence-electron chi connectivity index (χ3n) is 5.32. The largest absolute Gasteiger partial charge is 0.373 e. The highest BCUT2D eigenvalue weighted by molar-refractivity contribution is 7.86. The van der Waals surface area contributed by atoms with E-state index in [1.165, 1.54) is 8.61 Å². The van der Waals surface area contributed by atoms with Gasteiger partial charge in [-0.3, -0.25) is 4.79 Å². The summed E-state index contributed by atoms with van der Waals surface area (Å²) in [5, 5.41) is 11.6. The van der Waals surface area contributed by atoms with E-state index in [4.69, 9.17) is 10.00 Å². The molecule has 2 saturated heterocycles. The number of morpholine rings is 1. The minimum atomic E-state index is -3.49. The Morgan fingerprint density at radius 1 is 1.10 bits per heavy atom. The van der Waals surface area contributed by atoms with Gasteiger partial charge in [-0.25, -0.2) is 0 Å². The Balaban J connectivity index is 1.43. The molecule has 0 spiro atoms. The summed E-state index contributed by atoms with van der Waals surface area (Å²) in [5.74, 6) is -0.106. The summed E-state index contributed by atoms with van der Waals surface area (Å²) in [5.41, 5.74) is 1.20. The number of piperazine rings is 1. The lowest BCUT2D eigenvalue weighted by Gasteiger charge is -2.40. The van der Waals surface area contributed by atoms with Gasteiger partial charge in [0.05, 0.1) is 23.8 Å². The Kier molecular flexibility index (Phi) is 7.44. The van der Waals surface area contributed by atoms with Gasteiger partial charge in [0, 0.05) is 57.9 Å². The number of amides is 1. The van der Waals surface area contributed by atoms with Crippen LogP contribution in [0.15, 0.2) is 24.3 Å². The number of hydrogen-bond donors (Lipinski definition) is 1. The molecule has 2 aliphatic heterocycles. The number of ether oxygens (including phenoxy) is 1. The van der Waals surface area contributed by atoms with E-state index in [0.717, 1.165) is 0 Å². The Hall–Kier alpha value is -2.03. The Bertz CT molecular complexity index is 865. The summed E-state index contributed by atoms with van der Waals surface area (Å²) >= 11 is 0. The van der Waals surface area contributed by atoms with Crippen LogP contribution in [-0.2, 0) is 19.7 Å². The van der Waals surface area contributed by atoms with E-state index in [-0.39, 0.29) is 18.1 Å². The van der Waals surface area contributed by atoms with E-state index < -0.39 is 10.2 Å². The predicted octanol–water partition coefficient (Wildman–Crippen LogP) is 0.858. The fraction of sp³-hybridized carbons (Fsp3) is 0.600. The van der Waals surface area contributed by atoms with Gasteiger partial charge >= 0.3 is 0 Å². The topological polar surface area (TPSA) is 106 Å². The maximum absolute atomic E-state index is 12.9. The van der Waals surface area contributed by atoms with Gasteiger partial charge < -0.3 is 15.0 Å². The maximum atomic E-state index is 12.9. The minimum absolute atomic E-state index is 0.106. The lowest BCUT2D eigenvalue weighted by molar-refractivity contribution is -0.116. The lowest BCUT2D eigenvalue weighted by atomic mass is 10.2. The SMILES string of the molecule is CC1CN(S(=O)(=O)N2CCN(CCC(=O)Nc3ccc(C#N)cc3)CC2)CC(C)O1. The zero-order valence-electron chi connectivity index (χ0n) is 17.5. The number of nitrogens with zero attached hydrogens (tertiary/aromatic N) is 4. The van der Waals surface area contributed by atoms with Gasteiger partial charge in [0.2, 0.25) is 5.91 Å². The van der Waals surface area contributed by atoms with Gasteiger partial charge in [-0.15, -0.1) is 0 Å². The molecule has 1 aromatic carbocycles. The highest BCUT2D eigenvalue weighted by Crippen LogP contribution is 2.19. The quantitative estimate of drug-likeness (QED) is 0.710. The molecular formula is C20H29N5O4S. The molecule has 0 aromatic heterocycles. The summed E-state index contributed by atoms with van der Waals surface area (Å²) in [6.45, 7) is 7.13. The van der Waals surface area contributed by atoms with Gasteiger partial charge in [-0.05, 0) is 38.1 Å². The molecule has 1 N–H and O–H groups in total. The molecule has 2 unspecified atom stereocenters. The Labute approximate surface area is 178 Å². The molecule has 0 aliphatic carbocycles. The zero-order valence-corrected chi connectivity index (χ0v) is 18.3. The maximum Gasteiger partial charge on any atom is 0.282 e. The fourth-order valence-electron chi connectivity index (χ4n) is 3.78. The molecule has 1 aromatic rings. The average Bonchev–Trinajstić information content (AvgIpc) is 2.72. The van der Waals surface area contributed by atoms with Crippen molar-refractivity contribution >= 4 is 21.8 Å². The Morgan fingerprint density at radius 3 is 2.27 bits per heavy atom. The molecule has 2 fully saturated rings. The van der Waals surface area contributed by atoms with Gasteiger partial charge in [-0.2, -0.15) is 22.3 Å². The molecule has 10 heteroatoms. The predicted molar refractivity (Wildman–Crippen MR) is 113 cm³/mol. The van der Waals surface area contributed by atoms with Crippen molar-refractivity contribution in [2.45, 2.75) is 32.5 Å². The number of nitrogens with one attached hydrogen (secondary N) is 1. The fourth-order valence-corrected chi connectivity index (χ4v) is 5.53. The highest BCUT2D eigenvalue weighted by atomic mass is 32.2. The first kappa shape index (κ1) is 22.7. The number of nitriles is 1. The van der Waals surface area contributed by atoms with Crippen LogP contribution in [0.3, 0.4) is 0 Å². The van der Waals surface area contributed by atoms with E-state index in [9.17, 15) is 13.2 Å². The molecule has 0 saturated carbocycles. The van der Waals surface area contributed by atoms with E-state index >= 15 is 0 Å². The lowest BCUT2D eigenvalue weighted by Crippen LogP contribution is -2.57. The minimum Gasteiger partial charge on any atom is -0.373 e. The molecule has 3 rings (SSSR count). The smallest absolute Gasteiger partial charge is 0.282 e. The summed E-state index contributed by atoms with van der Waals surface area (Å²) in [6.07, 6.45) is 0.101. The number of carbonyl (C=O) groups excluding carboxylic acids is 1. The second-order valence-electron chi connectivity index (χ2n) is 7.81. The van der Waals surface area contributed by atoms with Crippen LogP contribution in [0.1, 0.15) is 25.8 Å². The first-order chi connectivity index (χ1) is 14.3. The van der Waals surface area contributed by atoms with E-state index in [2.05, 4.69) is 10.2 Å². The van der Waals surface area contributed by atoms with Crippen LogP contribution in [0, 0.1) is 11.3 Å². The number of anilines is 1. The molecule has 0 radical (unpaired) electrons. The summed E-state index contributed by atoms with van der Waals surface area (Å²) in [6, 6.07) is 8.76. The molecule has 30 heavy (non-hydrogen) atoms. The molecule has 2 aliphatic rings. The zero-order chi connectivity index (χ0) is 21.7. The van der Waals surface area contributed by atoms with Gasteiger partial charge in [0.15, 0.2) is 0 Å². The summed E-state index contributed by atoms with van der Waals surface area (Å²) in [4.78, 5) is 14.3. The third kappa shape index (κ3) is 5.77. The average molecular weight is 436 g/mol. The molecule has 2 heterocycles.